The molecule has 0 aliphatic heterocycles. The van der Waals surface area contributed by atoms with Crippen molar-refractivity contribution in [1.82, 2.24) is 4.98 Å². The van der Waals surface area contributed by atoms with Crippen molar-refractivity contribution >= 4 is 0 Å². The van der Waals surface area contributed by atoms with Crippen molar-refractivity contribution in [2.24, 2.45) is 0 Å². The fraction of sp³-hybridized carbons (Fsp3) is 0.167. The van der Waals surface area contributed by atoms with Gasteiger partial charge < -0.3 is 4.98 Å². The van der Waals surface area contributed by atoms with E-state index < -0.39 is 36.0 Å². The van der Waals surface area contributed by atoms with E-state index in [4.69, 9.17) is 6.85 Å². The number of pyridine rings is 1. The van der Waals surface area contributed by atoms with Gasteiger partial charge in [-0.1, -0.05) is 0 Å². The number of hydrogen-bond donors (Lipinski definition) is 1. The first-order valence-electron chi connectivity index (χ1n) is 4.64. The highest BCUT2D eigenvalue weighted by atomic mass is 19.1. The topological polar surface area (TPSA) is 32.9 Å². The molecule has 1 rings (SSSR count). The molecule has 1 aromatic rings. The summed E-state index contributed by atoms with van der Waals surface area (Å²) in [7, 11) is 0. The Balaban J connectivity index is 3.65. The minimum absolute atomic E-state index is 0.919. The summed E-state index contributed by atoms with van der Waals surface area (Å²) in [5.74, 6) is -1.38. The van der Waals surface area contributed by atoms with Gasteiger partial charge in [0.1, 0.15) is 5.82 Å². The smallest absolute Gasteiger partial charge is 0.248 e. The molecule has 0 bridgehead atoms. The van der Waals surface area contributed by atoms with Gasteiger partial charge in [0.05, 0.1) is 2.74 Å². The summed E-state index contributed by atoms with van der Waals surface area (Å²) in [5.41, 5.74) is -2.09. The monoisotopic (exact) mass is 132 g/mol. The molecule has 0 saturated heterocycles. The van der Waals surface area contributed by atoms with Gasteiger partial charge in [0.25, 0.3) is 0 Å². The summed E-state index contributed by atoms with van der Waals surface area (Å²) >= 11 is 0. The Morgan fingerprint density at radius 2 is 2.78 bits per heavy atom. The van der Waals surface area contributed by atoms with Gasteiger partial charge in [-0.2, -0.15) is 0 Å². The lowest BCUT2D eigenvalue weighted by molar-refractivity contribution is 0.610. The van der Waals surface area contributed by atoms with Crippen molar-refractivity contribution < 1.29 is 11.2 Å². The van der Waals surface area contributed by atoms with E-state index in [1.165, 1.54) is 0 Å². The molecular formula is C6H6FNO. The van der Waals surface area contributed by atoms with Crippen molar-refractivity contribution in [3.63, 3.8) is 0 Å². The number of rotatable bonds is 0. The van der Waals surface area contributed by atoms with Crippen molar-refractivity contribution in [1.29, 1.82) is 0 Å². The molecule has 3 heteroatoms. The third kappa shape index (κ3) is 1.16. The van der Waals surface area contributed by atoms with E-state index in [2.05, 4.69) is 0 Å². The highest BCUT2D eigenvalue weighted by molar-refractivity contribution is 5.09. The van der Waals surface area contributed by atoms with Gasteiger partial charge in [-0.25, -0.2) is 4.39 Å². The fourth-order valence-electron chi connectivity index (χ4n) is 0.374. The number of H-pyrrole nitrogens is 1. The SMILES string of the molecule is [2H]c1[nH]c(=O)c([2H])c(C([2H])([2H])[2H])c1F. The summed E-state index contributed by atoms with van der Waals surface area (Å²) in [6.45, 7) is -2.90. The summed E-state index contributed by atoms with van der Waals surface area (Å²) in [6.07, 6.45) is -0.919. The summed E-state index contributed by atoms with van der Waals surface area (Å²) < 4.78 is 47.7. The molecular weight excluding hydrogens is 121 g/mol. The fourth-order valence-corrected chi connectivity index (χ4v) is 0.374. The lowest BCUT2D eigenvalue weighted by Gasteiger charge is -1.89. The standard InChI is InChI=1S/C6H6FNO/c1-4-2-6(9)8-3-5(4)7/h2-3H,1H3,(H,8,9)/i1D3,2D,3D. The minimum Gasteiger partial charge on any atom is -0.326 e. The highest BCUT2D eigenvalue weighted by Gasteiger charge is 1.93. The second-order valence-electron chi connectivity index (χ2n) is 1.39. The average molecular weight is 132 g/mol. The van der Waals surface area contributed by atoms with Gasteiger partial charge in [-0.05, 0) is 12.4 Å². The first kappa shape index (κ1) is 2.25. The average Bonchev–Trinajstić information content (AvgIpc) is 1.98. The van der Waals surface area contributed by atoms with Crippen molar-refractivity contribution in [3.05, 3.63) is 33.9 Å². The van der Waals surface area contributed by atoms with Crippen LogP contribution in [0.3, 0.4) is 0 Å². The molecule has 1 aromatic heterocycles. The van der Waals surface area contributed by atoms with Crippen LogP contribution in [0.5, 0.6) is 0 Å². The zero-order chi connectivity index (χ0) is 11.1. The Morgan fingerprint density at radius 3 is 3.44 bits per heavy atom. The molecule has 0 spiro atoms. The molecule has 0 fully saturated rings. The van der Waals surface area contributed by atoms with Gasteiger partial charge in [0.15, 0.2) is 0 Å². The molecule has 0 aromatic carbocycles. The van der Waals surface area contributed by atoms with Gasteiger partial charge >= 0.3 is 0 Å². The van der Waals surface area contributed by atoms with E-state index in [0.717, 1.165) is 0 Å². The molecule has 2 nitrogen and oxygen atoms in total. The van der Waals surface area contributed by atoms with Crippen molar-refractivity contribution in [2.45, 2.75) is 6.85 Å². The van der Waals surface area contributed by atoms with E-state index in [9.17, 15) is 9.18 Å². The van der Waals surface area contributed by atoms with Gasteiger partial charge in [0.2, 0.25) is 5.56 Å². The molecule has 1 heterocycles. The van der Waals surface area contributed by atoms with Gasteiger partial charge in [-0.3, -0.25) is 4.79 Å². The van der Waals surface area contributed by atoms with Crippen molar-refractivity contribution in [3.8, 4) is 0 Å². The molecule has 1 N–H and O–H groups in total. The molecule has 0 unspecified atom stereocenters. The Morgan fingerprint density at radius 1 is 2.00 bits per heavy atom. The van der Waals surface area contributed by atoms with Gasteiger partial charge in [-0.15, -0.1) is 0 Å². The molecule has 0 atom stereocenters. The van der Waals surface area contributed by atoms with Crippen molar-refractivity contribution in [2.75, 3.05) is 0 Å². The Bertz CT molecular complexity index is 423. The molecule has 0 amide bonds. The van der Waals surface area contributed by atoms with Crippen LogP contribution >= 0.6 is 0 Å². The molecule has 0 saturated carbocycles. The maximum atomic E-state index is 13.1. The maximum Gasteiger partial charge on any atom is 0.248 e. The Labute approximate surface area is 58.4 Å². The summed E-state index contributed by atoms with van der Waals surface area (Å²) in [4.78, 5) is 12.6. The van der Waals surface area contributed by atoms with Crippen LogP contribution < -0.4 is 5.56 Å². The van der Waals surface area contributed by atoms with E-state index in [1.807, 2.05) is 0 Å². The quantitative estimate of drug-likeness (QED) is 0.557. The largest absolute Gasteiger partial charge is 0.326 e. The predicted octanol–water partition coefficient (Wildman–Crippen LogP) is 0.822. The van der Waals surface area contributed by atoms with Crippen LogP contribution in [-0.4, -0.2) is 4.98 Å². The third-order valence-corrected chi connectivity index (χ3v) is 0.744. The molecule has 0 radical (unpaired) electrons. The number of halogens is 1. The molecule has 0 aliphatic rings. The lowest BCUT2D eigenvalue weighted by atomic mass is 10.3. The van der Waals surface area contributed by atoms with Crippen LogP contribution in [-0.2, 0) is 0 Å². The van der Waals surface area contributed by atoms with Crippen LogP contribution in [0.1, 0.15) is 12.4 Å². The third-order valence-electron chi connectivity index (χ3n) is 0.744. The Kier molecular flexibility index (Phi) is 0.502. The zero-order valence-electron chi connectivity index (χ0n) is 9.29. The van der Waals surface area contributed by atoms with E-state index >= 15 is 0 Å². The number of nitrogens with one attached hydrogen (secondary N) is 1. The van der Waals surface area contributed by atoms with Crippen LogP contribution in [0.15, 0.2) is 17.0 Å². The van der Waals surface area contributed by atoms with E-state index in [1.54, 1.807) is 4.98 Å². The first-order chi connectivity index (χ1) is 6.25. The van der Waals surface area contributed by atoms with Crippen LogP contribution in [0.25, 0.3) is 0 Å². The summed E-state index contributed by atoms with van der Waals surface area (Å²) in [6, 6.07) is -0.960. The number of hydrogen-bond acceptors (Lipinski definition) is 1. The van der Waals surface area contributed by atoms with E-state index in [0.29, 0.717) is 0 Å². The molecule has 9 heavy (non-hydrogen) atoms. The number of aromatic nitrogens is 1. The number of aromatic amines is 1. The normalized spacial score (nSPS) is 19.0. The second kappa shape index (κ2) is 2.01. The maximum absolute atomic E-state index is 13.1. The van der Waals surface area contributed by atoms with Gasteiger partial charge in [0, 0.05) is 16.3 Å². The first-order valence-corrected chi connectivity index (χ1v) is 2.14. The highest BCUT2D eigenvalue weighted by Crippen LogP contribution is 1.96. The summed E-state index contributed by atoms with van der Waals surface area (Å²) in [5, 5.41) is 0. The van der Waals surface area contributed by atoms with E-state index in [-0.39, 0.29) is 0 Å². The van der Waals surface area contributed by atoms with Crippen LogP contribution in [0.2, 0.25) is 0 Å². The minimum atomic E-state index is -2.90. The van der Waals surface area contributed by atoms with Crippen LogP contribution in [0.4, 0.5) is 4.39 Å². The Hall–Kier alpha value is -1.12. The second-order valence-corrected chi connectivity index (χ2v) is 1.39. The molecule has 48 valence electrons. The predicted molar refractivity (Wildman–Crippen MR) is 31.8 cm³/mol. The van der Waals surface area contributed by atoms with Crippen LogP contribution in [0, 0.1) is 12.7 Å². The zero-order valence-corrected chi connectivity index (χ0v) is 4.29. The lowest BCUT2D eigenvalue weighted by Crippen LogP contribution is -2.04. The molecule has 0 aliphatic carbocycles.